The summed E-state index contributed by atoms with van der Waals surface area (Å²) in [5, 5.41) is 0. The molecule has 0 fully saturated rings. The number of carbonyl (C=O) groups is 1. The standard InChI is InChI=1S/C22H27FN3O3S.Cr/c1-14(2)13-18(27)11-12-19-20(15(3)4)24-22(26(5)30(6,28)29)25-21(19)16-7-9-17(23)10-8-16;/h7-12,14-15H,1,13H2,2-6H3;/q-1;/b12-11+;. The van der Waals surface area contributed by atoms with Crippen LogP contribution < -0.4 is 4.31 Å². The van der Waals surface area contributed by atoms with Gasteiger partial charge in [0.2, 0.25) is 16.0 Å². The Balaban J connectivity index is 0.00000480. The molecule has 0 bridgehead atoms. The zero-order chi connectivity index (χ0) is 22.6. The summed E-state index contributed by atoms with van der Waals surface area (Å²) in [7, 11) is -2.21. The molecule has 0 aliphatic rings. The minimum Gasteiger partial charge on any atom is -0.340 e. The van der Waals surface area contributed by atoms with Crippen molar-refractivity contribution in [2.45, 2.75) is 33.1 Å². The smallest absolute Gasteiger partial charge is 0.239 e. The topological polar surface area (TPSA) is 80.2 Å². The molecule has 2 aromatic rings. The van der Waals surface area contributed by atoms with Gasteiger partial charge in [0, 0.05) is 35.5 Å². The van der Waals surface area contributed by atoms with Crippen LogP contribution in [0.1, 0.15) is 44.4 Å². The maximum atomic E-state index is 13.5. The Morgan fingerprint density at radius 3 is 2.26 bits per heavy atom. The van der Waals surface area contributed by atoms with Gasteiger partial charge in [0.15, 0.2) is 5.78 Å². The summed E-state index contributed by atoms with van der Waals surface area (Å²) in [6.07, 6.45) is 4.47. The van der Waals surface area contributed by atoms with E-state index in [1.807, 2.05) is 20.8 Å². The number of rotatable bonds is 8. The van der Waals surface area contributed by atoms with Crippen LogP contribution in [0.2, 0.25) is 0 Å². The number of ketones is 1. The van der Waals surface area contributed by atoms with Gasteiger partial charge < -0.3 is 6.92 Å². The SMILES string of the molecule is [CH2-]C(C)CC(=O)/C=C/c1c(-c2ccc(F)cc2)nc(N(C)S(C)(=O)=O)nc1C(C)C.[Cr]. The predicted octanol–water partition coefficient (Wildman–Crippen LogP) is 4.24. The molecule has 1 heterocycles. The summed E-state index contributed by atoms with van der Waals surface area (Å²) < 4.78 is 38.5. The van der Waals surface area contributed by atoms with Crippen molar-refractivity contribution in [2.75, 3.05) is 17.6 Å². The molecule has 0 saturated carbocycles. The second-order valence-corrected chi connectivity index (χ2v) is 9.69. The molecule has 1 aromatic carbocycles. The van der Waals surface area contributed by atoms with Crippen molar-refractivity contribution >= 4 is 27.8 Å². The number of nitrogens with zero attached hydrogens (tertiary/aromatic N) is 3. The Hall–Kier alpha value is -2.08. The molecule has 0 saturated heterocycles. The van der Waals surface area contributed by atoms with Crippen LogP contribution in [0.3, 0.4) is 0 Å². The van der Waals surface area contributed by atoms with Crippen molar-refractivity contribution in [3.05, 3.63) is 54.3 Å². The van der Waals surface area contributed by atoms with Gasteiger partial charge in [0.25, 0.3) is 0 Å². The number of aromatic nitrogens is 2. The van der Waals surface area contributed by atoms with E-state index in [2.05, 4.69) is 16.9 Å². The van der Waals surface area contributed by atoms with Crippen LogP contribution in [0, 0.1) is 18.7 Å². The van der Waals surface area contributed by atoms with Gasteiger partial charge in [0.1, 0.15) is 5.82 Å². The maximum Gasteiger partial charge on any atom is 0.239 e. The Labute approximate surface area is 194 Å². The van der Waals surface area contributed by atoms with Crippen LogP contribution >= 0.6 is 0 Å². The first-order chi connectivity index (χ1) is 13.9. The normalized spacial score (nSPS) is 12.6. The van der Waals surface area contributed by atoms with Crippen molar-refractivity contribution in [2.24, 2.45) is 5.92 Å². The summed E-state index contributed by atoms with van der Waals surface area (Å²) in [6, 6.07) is 5.72. The number of hydrogen-bond acceptors (Lipinski definition) is 5. The van der Waals surface area contributed by atoms with Crippen LogP contribution in [-0.4, -0.2) is 37.5 Å². The quantitative estimate of drug-likeness (QED) is 0.414. The Morgan fingerprint density at radius 2 is 1.77 bits per heavy atom. The Bertz CT molecular complexity index is 1050. The summed E-state index contributed by atoms with van der Waals surface area (Å²) in [6.45, 7) is 9.51. The molecule has 9 heteroatoms. The first kappa shape index (κ1) is 27.0. The summed E-state index contributed by atoms with van der Waals surface area (Å²) in [5.74, 6) is -0.585. The average Bonchev–Trinajstić information content (AvgIpc) is 2.64. The molecule has 0 spiro atoms. The number of hydrogen-bond donors (Lipinski definition) is 0. The fourth-order valence-corrected chi connectivity index (χ4v) is 3.16. The third-order valence-electron chi connectivity index (χ3n) is 4.39. The average molecular weight is 485 g/mol. The molecule has 1 unspecified atom stereocenters. The van der Waals surface area contributed by atoms with Crippen molar-refractivity contribution in [3.63, 3.8) is 0 Å². The van der Waals surface area contributed by atoms with Gasteiger partial charge >= 0.3 is 0 Å². The second-order valence-electron chi connectivity index (χ2n) is 7.67. The van der Waals surface area contributed by atoms with Crippen LogP contribution in [-0.2, 0) is 32.2 Å². The Kier molecular flexibility index (Phi) is 9.55. The van der Waals surface area contributed by atoms with Gasteiger partial charge in [-0.3, -0.25) is 4.79 Å². The largest absolute Gasteiger partial charge is 0.340 e. The van der Waals surface area contributed by atoms with E-state index in [9.17, 15) is 17.6 Å². The maximum absolute atomic E-state index is 13.5. The third kappa shape index (κ3) is 7.24. The van der Waals surface area contributed by atoms with Crippen molar-refractivity contribution < 1.29 is 35.0 Å². The molecule has 0 aliphatic heterocycles. The molecule has 168 valence electrons. The van der Waals surface area contributed by atoms with Gasteiger partial charge in [-0.1, -0.05) is 20.8 Å². The molecule has 31 heavy (non-hydrogen) atoms. The van der Waals surface area contributed by atoms with Gasteiger partial charge in [-0.15, -0.1) is 0 Å². The molecule has 0 amide bonds. The summed E-state index contributed by atoms with van der Waals surface area (Å²) in [5.41, 5.74) is 2.18. The second kappa shape index (κ2) is 11.0. The summed E-state index contributed by atoms with van der Waals surface area (Å²) in [4.78, 5) is 21.1. The predicted molar refractivity (Wildman–Crippen MR) is 118 cm³/mol. The molecule has 0 radical (unpaired) electrons. The van der Waals surface area contributed by atoms with E-state index in [4.69, 9.17) is 0 Å². The van der Waals surface area contributed by atoms with Gasteiger partial charge in [-0.2, -0.15) is 5.92 Å². The monoisotopic (exact) mass is 484 g/mol. The first-order valence-electron chi connectivity index (χ1n) is 9.56. The fourth-order valence-electron chi connectivity index (χ4n) is 2.78. The van der Waals surface area contributed by atoms with E-state index >= 15 is 0 Å². The third-order valence-corrected chi connectivity index (χ3v) is 5.55. The van der Waals surface area contributed by atoms with Crippen LogP contribution in [0.15, 0.2) is 30.3 Å². The van der Waals surface area contributed by atoms with E-state index in [-0.39, 0.29) is 40.9 Å². The molecule has 1 aromatic heterocycles. The summed E-state index contributed by atoms with van der Waals surface area (Å²) >= 11 is 0. The first-order valence-corrected chi connectivity index (χ1v) is 11.4. The molecule has 1 atom stereocenters. The van der Waals surface area contributed by atoms with Gasteiger partial charge in [0.05, 0.1) is 17.6 Å². The molecule has 2 rings (SSSR count). The van der Waals surface area contributed by atoms with Crippen molar-refractivity contribution in [3.8, 4) is 11.3 Å². The minimum atomic E-state index is -3.59. The fraction of sp³-hybridized carbons (Fsp3) is 0.364. The number of carbonyl (C=O) groups excluding carboxylic acids is 1. The number of benzene rings is 1. The van der Waals surface area contributed by atoms with E-state index in [1.165, 1.54) is 25.3 Å². The minimum absolute atomic E-state index is 0. The number of sulfonamides is 1. The van der Waals surface area contributed by atoms with Crippen molar-refractivity contribution in [1.82, 2.24) is 9.97 Å². The van der Waals surface area contributed by atoms with Crippen LogP contribution in [0.5, 0.6) is 0 Å². The van der Waals surface area contributed by atoms with Crippen molar-refractivity contribution in [1.29, 1.82) is 0 Å². The molecule has 6 nitrogen and oxygen atoms in total. The Morgan fingerprint density at radius 1 is 1.19 bits per heavy atom. The van der Waals surface area contributed by atoms with Crippen LogP contribution in [0.4, 0.5) is 10.3 Å². The molecule has 0 N–H and O–H groups in total. The van der Waals surface area contributed by atoms with E-state index in [0.717, 1.165) is 10.6 Å². The molecular formula is C22H27CrFN3O3S-. The number of allylic oxidation sites excluding steroid dienone is 1. The van der Waals surface area contributed by atoms with E-state index < -0.39 is 15.8 Å². The van der Waals surface area contributed by atoms with Crippen LogP contribution in [0.25, 0.3) is 17.3 Å². The zero-order valence-corrected chi connectivity index (χ0v) is 20.4. The molecule has 0 aliphatic carbocycles. The van der Waals surface area contributed by atoms with E-state index in [1.54, 1.807) is 18.2 Å². The number of anilines is 1. The zero-order valence-electron chi connectivity index (χ0n) is 18.3. The molecular weight excluding hydrogens is 457 g/mol. The van der Waals surface area contributed by atoms with Gasteiger partial charge in [-0.25, -0.2) is 27.1 Å². The van der Waals surface area contributed by atoms with Gasteiger partial charge in [-0.05, 0) is 48.8 Å². The number of halogens is 1. The van der Waals surface area contributed by atoms with E-state index in [0.29, 0.717) is 28.9 Å².